The molecule has 0 saturated carbocycles. The van der Waals surface area contributed by atoms with Crippen molar-refractivity contribution < 1.29 is 0 Å². The lowest BCUT2D eigenvalue weighted by Gasteiger charge is -2.32. The van der Waals surface area contributed by atoms with Crippen molar-refractivity contribution in [2.75, 3.05) is 0 Å². The van der Waals surface area contributed by atoms with Crippen molar-refractivity contribution in [2.24, 2.45) is 16.2 Å². The molecule has 0 saturated heterocycles. The van der Waals surface area contributed by atoms with Gasteiger partial charge in [0, 0.05) is 0 Å². The third kappa shape index (κ3) is 24.1. The van der Waals surface area contributed by atoms with E-state index in [-0.39, 0.29) is 14.1 Å². The normalized spacial score (nSPS) is 12.6. The van der Waals surface area contributed by atoms with Crippen LogP contribution in [0.25, 0.3) is 0 Å². The van der Waals surface area contributed by atoms with E-state index in [0.717, 1.165) is 0 Å². The molecule has 20 heavy (non-hydrogen) atoms. The maximum absolute atomic E-state index is 2.40. The zero-order chi connectivity index (χ0) is 16.8. The van der Waals surface area contributed by atoms with Gasteiger partial charge >= 0.3 is 0 Å². The van der Waals surface area contributed by atoms with Crippen LogP contribution in [0.2, 0.25) is 33.2 Å². The van der Waals surface area contributed by atoms with Crippen molar-refractivity contribution in [3.63, 3.8) is 0 Å². The van der Waals surface area contributed by atoms with E-state index in [9.17, 15) is 0 Å². The molecule has 0 radical (unpaired) electrons. The molecule has 0 aromatic carbocycles. The molecule has 2 heteroatoms. The first-order valence-corrected chi connectivity index (χ1v) is 14.4. The SMILES string of the molecule is CC(C)(C)[CH2][Al]([CH2]C(C)(C)C)[CH2]C(C)(C)C.[CH3][Al]([CH3])[CH3]. The summed E-state index contributed by atoms with van der Waals surface area (Å²) in [5.74, 6) is 6.92. The minimum Gasteiger partial charge on any atom is -0.106 e. The van der Waals surface area contributed by atoms with Crippen LogP contribution in [0, 0.1) is 16.2 Å². The summed E-state index contributed by atoms with van der Waals surface area (Å²) < 4.78 is 0. The summed E-state index contributed by atoms with van der Waals surface area (Å²) >= 11 is -0.748. The van der Waals surface area contributed by atoms with Gasteiger partial charge in [0.15, 0.2) is 0 Å². The van der Waals surface area contributed by atoms with Crippen molar-refractivity contribution in [1.82, 2.24) is 0 Å². The lowest BCUT2D eigenvalue weighted by molar-refractivity contribution is 0.417. The largest absolute Gasteiger partial charge is 0.263 e. The Kier molecular flexibility index (Phi) is 10.8. The van der Waals surface area contributed by atoms with Gasteiger partial charge in [-0.1, -0.05) is 78.2 Å². The molecule has 0 fully saturated rings. The molecule has 0 aromatic rings. The highest BCUT2D eigenvalue weighted by molar-refractivity contribution is 6.59. The van der Waals surface area contributed by atoms with Crippen LogP contribution < -0.4 is 0 Å². The molecule has 120 valence electrons. The highest BCUT2D eigenvalue weighted by Gasteiger charge is 2.31. The van der Waals surface area contributed by atoms with Gasteiger partial charge < -0.3 is 0 Å². The van der Waals surface area contributed by atoms with Crippen LogP contribution in [0.1, 0.15) is 62.3 Å². The Balaban J connectivity index is 0. The minimum atomic E-state index is -0.609. The monoisotopic (exact) mass is 312 g/mol. The molecule has 0 amide bonds. The van der Waals surface area contributed by atoms with E-state index in [1.54, 1.807) is 0 Å². The van der Waals surface area contributed by atoms with E-state index in [1.165, 1.54) is 15.8 Å². The van der Waals surface area contributed by atoms with Crippen LogP contribution in [-0.2, 0) is 0 Å². The fourth-order valence-corrected chi connectivity index (χ4v) is 8.44. The number of rotatable bonds is 3. The lowest BCUT2D eigenvalue weighted by atomic mass is 9.99. The average molecular weight is 312 g/mol. The summed E-state index contributed by atoms with van der Waals surface area (Å²) in [5.41, 5.74) is 1.56. The topological polar surface area (TPSA) is 0 Å². The average Bonchev–Trinajstić information content (AvgIpc) is 1.88. The molecule has 0 N–H and O–H groups in total. The van der Waals surface area contributed by atoms with Gasteiger partial charge in [0.05, 0.1) is 0 Å². The Morgan fingerprint density at radius 1 is 0.500 bits per heavy atom. The van der Waals surface area contributed by atoms with Crippen LogP contribution in [0.4, 0.5) is 0 Å². The second kappa shape index (κ2) is 9.26. The number of hydrogen-bond acceptors (Lipinski definition) is 0. The zero-order valence-electron chi connectivity index (χ0n) is 16.8. The van der Waals surface area contributed by atoms with E-state index in [0.29, 0.717) is 16.2 Å². The maximum atomic E-state index is 2.40. The van der Waals surface area contributed by atoms with Gasteiger partial charge in [0.1, 0.15) is 0 Å². The van der Waals surface area contributed by atoms with Crippen LogP contribution in [0.15, 0.2) is 0 Å². The molecule has 0 rings (SSSR count). The molecule has 0 bridgehead atoms. The molecule has 0 aromatic heterocycles. The van der Waals surface area contributed by atoms with Crippen LogP contribution >= 0.6 is 0 Å². The first-order chi connectivity index (χ1) is 8.52. The van der Waals surface area contributed by atoms with Crippen molar-refractivity contribution in [3.8, 4) is 0 Å². The first-order valence-electron chi connectivity index (χ1n) is 8.52. The summed E-state index contributed by atoms with van der Waals surface area (Å²) in [6, 6.07) is 0. The molecule has 0 aliphatic heterocycles. The highest BCUT2D eigenvalue weighted by atomic mass is 27.2. The fraction of sp³-hybridized carbons (Fsp3) is 1.00. The maximum Gasteiger partial charge on any atom is 0.263 e. The smallest absolute Gasteiger partial charge is 0.106 e. The molecule has 0 unspecified atom stereocenters. The van der Waals surface area contributed by atoms with Gasteiger partial charge in [-0.3, -0.25) is 0 Å². The molecule has 0 aliphatic rings. The van der Waals surface area contributed by atoms with E-state index >= 15 is 0 Å². The van der Waals surface area contributed by atoms with Gasteiger partial charge in [-0.15, -0.1) is 17.4 Å². The summed E-state index contributed by atoms with van der Waals surface area (Å²) in [6.45, 7) is 21.6. The summed E-state index contributed by atoms with van der Waals surface area (Å²) in [5, 5.41) is 4.46. The van der Waals surface area contributed by atoms with Crippen LogP contribution in [0.3, 0.4) is 0 Å². The van der Waals surface area contributed by atoms with E-state index in [1.807, 2.05) is 0 Å². The van der Waals surface area contributed by atoms with Crippen molar-refractivity contribution in [2.45, 2.75) is 95.5 Å². The predicted molar refractivity (Wildman–Crippen MR) is 102 cm³/mol. The molecule has 0 aliphatic carbocycles. The Bertz CT molecular complexity index is 195. The molecule has 0 atom stereocenters. The summed E-state index contributed by atoms with van der Waals surface area (Å²) in [7, 11) is 0. The third-order valence-electron chi connectivity index (χ3n) is 2.70. The quantitative estimate of drug-likeness (QED) is 0.493. The van der Waals surface area contributed by atoms with Crippen molar-refractivity contribution >= 4 is 28.3 Å². The Morgan fingerprint density at radius 3 is 0.750 bits per heavy atom. The standard InChI is InChI=1S/3C5H11.3CH3.2Al/c3*1-5(2,3)4;;;;;/h3*1H2,2-4H3;3*1H3;;. The number of hydrogen-bond donors (Lipinski definition) is 0. The molecular weight excluding hydrogens is 270 g/mol. The third-order valence-corrected chi connectivity index (χ3v) is 8.11. The van der Waals surface area contributed by atoms with Gasteiger partial charge in [0.25, 0.3) is 28.3 Å². The Labute approximate surface area is 139 Å². The fourth-order valence-electron chi connectivity index (χ4n) is 2.81. The second-order valence-electron chi connectivity index (χ2n) is 10.9. The molecule has 0 spiro atoms. The zero-order valence-corrected chi connectivity index (χ0v) is 19.1. The summed E-state index contributed by atoms with van der Waals surface area (Å²) in [4.78, 5) is 0. The second-order valence-corrected chi connectivity index (χ2v) is 17.3. The van der Waals surface area contributed by atoms with Crippen LogP contribution in [-0.4, -0.2) is 28.3 Å². The van der Waals surface area contributed by atoms with E-state index in [4.69, 9.17) is 0 Å². The van der Waals surface area contributed by atoms with Gasteiger partial charge in [-0.2, -0.15) is 0 Å². The summed E-state index contributed by atoms with van der Waals surface area (Å²) in [6.07, 6.45) is 0. The van der Waals surface area contributed by atoms with Crippen LogP contribution in [0.5, 0.6) is 0 Å². The van der Waals surface area contributed by atoms with Gasteiger partial charge in [-0.25, -0.2) is 0 Å². The van der Waals surface area contributed by atoms with Gasteiger partial charge in [0.2, 0.25) is 0 Å². The van der Waals surface area contributed by atoms with Crippen molar-refractivity contribution in [3.05, 3.63) is 0 Å². The van der Waals surface area contributed by atoms with Gasteiger partial charge in [-0.05, 0) is 16.2 Å². The molecule has 0 heterocycles. The molecular formula is C18H42Al2. The Morgan fingerprint density at radius 2 is 0.650 bits per heavy atom. The van der Waals surface area contributed by atoms with E-state index in [2.05, 4.69) is 79.7 Å². The first kappa shape index (κ1) is 23.3. The van der Waals surface area contributed by atoms with Crippen molar-refractivity contribution in [1.29, 1.82) is 0 Å². The van der Waals surface area contributed by atoms with E-state index < -0.39 is 14.1 Å². The molecule has 0 nitrogen and oxygen atoms in total. The predicted octanol–water partition coefficient (Wildman–Crippen LogP) is 6.99. The minimum absolute atomic E-state index is 0.139. The Hall–Kier alpha value is 1.06. The lowest BCUT2D eigenvalue weighted by Crippen LogP contribution is -2.29. The highest BCUT2D eigenvalue weighted by Crippen LogP contribution is 2.35.